The van der Waals surface area contributed by atoms with Crippen LogP contribution in [0.15, 0.2) is 88.9 Å². The fourth-order valence-corrected chi connectivity index (χ4v) is 5.94. The SMILES string of the molecule is COc1ccc(S(=O)(=O)n2c(-c3ccccc3)c(C=NN3CCN(C)CC3)c3ccccc32)cc1. The van der Waals surface area contributed by atoms with Crippen LogP contribution in [0.5, 0.6) is 5.75 Å². The third-order valence-electron chi connectivity index (χ3n) is 6.35. The number of methoxy groups -OCH3 is 1. The largest absolute Gasteiger partial charge is 0.497 e. The predicted octanol–water partition coefficient (Wildman–Crippen LogP) is 4.14. The lowest BCUT2D eigenvalue weighted by atomic mass is 10.1. The first kappa shape index (κ1) is 23.1. The van der Waals surface area contributed by atoms with Gasteiger partial charge in [0.05, 0.1) is 29.4 Å². The van der Waals surface area contributed by atoms with Crippen molar-refractivity contribution in [2.75, 3.05) is 40.3 Å². The normalized spacial score (nSPS) is 15.2. The Hall–Kier alpha value is -3.62. The highest BCUT2D eigenvalue weighted by molar-refractivity contribution is 7.90. The highest BCUT2D eigenvalue weighted by Crippen LogP contribution is 2.36. The molecule has 0 radical (unpaired) electrons. The molecule has 5 rings (SSSR count). The van der Waals surface area contributed by atoms with Crippen LogP contribution >= 0.6 is 0 Å². The van der Waals surface area contributed by atoms with Crippen molar-refractivity contribution in [2.24, 2.45) is 5.10 Å². The van der Waals surface area contributed by atoms with Crippen LogP contribution in [0.3, 0.4) is 0 Å². The highest BCUT2D eigenvalue weighted by Gasteiger charge is 2.27. The first-order valence-corrected chi connectivity index (χ1v) is 13.0. The number of para-hydroxylation sites is 1. The number of hydrogen-bond acceptors (Lipinski definition) is 6. The Morgan fingerprint density at radius 3 is 2.20 bits per heavy atom. The monoisotopic (exact) mass is 488 g/mol. The van der Waals surface area contributed by atoms with Gasteiger partial charge in [-0.3, -0.25) is 5.01 Å². The molecule has 0 bridgehead atoms. The van der Waals surface area contributed by atoms with Crippen molar-refractivity contribution in [3.63, 3.8) is 0 Å². The summed E-state index contributed by atoms with van der Waals surface area (Å²) < 4.78 is 34.8. The Bertz CT molecular complexity index is 1450. The number of nitrogens with zero attached hydrogens (tertiary/aromatic N) is 4. The smallest absolute Gasteiger partial charge is 0.268 e. The van der Waals surface area contributed by atoms with Crippen molar-refractivity contribution < 1.29 is 13.2 Å². The minimum absolute atomic E-state index is 0.193. The van der Waals surface area contributed by atoms with E-state index in [1.165, 1.54) is 3.97 Å². The average Bonchev–Trinajstić information content (AvgIpc) is 3.24. The molecule has 0 amide bonds. The second-order valence-electron chi connectivity index (χ2n) is 8.59. The second kappa shape index (κ2) is 9.56. The molecule has 3 aromatic carbocycles. The van der Waals surface area contributed by atoms with E-state index in [2.05, 4.69) is 11.9 Å². The quantitative estimate of drug-likeness (QED) is 0.382. The molecule has 180 valence electrons. The molecule has 0 unspecified atom stereocenters. The Labute approximate surface area is 205 Å². The first-order chi connectivity index (χ1) is 17.0. The van der Waals surface area contributed by atoms with Crippen molar-refractivity contribution in [3.8, 4) is 17.0 Å². The van der Waals surface area contributed by atoms with Gasteiger partial charge in [0, 0.05) is 37.1 Å². The Morgan fingerprint density at radius 2 is 1.51 bits per heavy atom. The molecule has 0 aliphatic carbocycles. The van der Waals surface area contributed by atoms with Crippen molar-refractivity contribution in [1.29, 1.82) is 0 Å². The molecule has 1 fully saturated rings. The maximum absolute atomic E-state index is 14.1. The van der Waals surface area contributed by atoms with Gasteiger partial charge < -0.3 is 9.64 Å². The number of piperazine rings is 1. The number of aromatic nitrogens is 1. The molecule has 35 heavy (non-hydrogen) atoms. The molecule has 0 atom stereocenters. The molecular weight excluding hydrogens is 460 g/mol. The summed E-state index contributed by atoms with van der Waals surface area (Å²) in [4.78, 5) is 2.47. The van der Waals surface area contributed by atoms with Gasteiger partial charge in [-0.25, -0.2) is 12.4 Å². The lowest BCUT2D eigenvalue weighted by Crippen LogP contribution is -2.41. The number of hydrazone groups is 1. The highest BCUT2D eigenvalue weighted by atomic mass is 32.2. The average molecular weight is 489 g/mol. The van der Waals surface area contributed by atoms with E-state index in [4.69, 9.17) is 9.84 Å². The van der Waals surface area contributed by atoms with Crippen molar-refractivity contribution in [1.82, 2.24) is 13.9 Å². The molecule has 1 saturated heterocycles. The molecule has 0 spiro atoms. The van der Waals surface area contributed by atoms with Crippen molar-refractivity contribution in [3.05, 3.63) is 84.4 Å². The van der Waals surface area contributed by atoms with Crippen LogP contribution in [0.4, 0.5) is 0 Å². The second-order valence-corrected chi connectivity index (χ2v) is 10.4. The molecule has 0 saturated carbocycles. The molecular formula is C27H28N4O3S. The van der Waals surface area contributed by atoms with Gasteiger partial charge in [-0.05, 0) is 42.9 Å². The fourth-order valence-electron chi connectivity index (χ4n) is 4.39. The van der Waals surface area contributed by atoms with Crippen LogP contribution in [-0.4, -0.2) is 68.9 Å². The van der Waals surface area contributed by atoms with Crippen molar-refractivity contribution in [2.45, 2.75) is 4.90 Å². The summed E-state index contributed by atoms with van der Waals surface area (Å²) in [5.41, 5.74) is 2.80. The van der Waals surface area contributed by atoms with Gasteiger partial charge in [0.2, 0.25) is 0 Å². The van der Waals surface area contributed by atoms with Gasteiger partial charge in [0.1, 0.15) is 5.75 Å². The minimum atomic E-state index is -3.92. The van der Waals surface area contributed by atoms with E-state index in [9.17, 15) is 8.42 Å². The Morgan fingerprint density at radius 1 is 0.857 bits per heavy atom. The summed E-state index contributed by atoms with van der Waals surface area (Å²) in [5.74, 6) is 0.601. The van der Waals surface area contributed by atoms with Gasteiger partial charge in [0.25, 0.3) is 10.0 Å². The molecule has 8 heteroatoms. The lowest BCUT2D eigenvalue weighted by Gasteiger charge is -2.30. The summed E-state index contributed by atoms with van der Waals surface area (Å²) in [5, 5.41) is 7.65. The fraction of sp³-hybridized carbons (Fsp3) is 0.222. The summed E-state index contributed by atoms with van der Waals surface area (Å²) in [6.07, 6.45) is 1.82. The third-order valence-corrected chi connectivity index (χ3v) is 8.07. The maximum Gasteiger partial charge on any atom is 0.268 e. The van der Waals surface area contributed by atoms with Crippen LogP contribution in [0.25, 0.3) is 22.2 Å². The van der Waals surface area contributed by atoms with Crippen LogP contribution < -0.4 is 4.74 Å². The zero-order valence-electron chi connectivity index (χ0n) is 19.8. The zero-order valence-corrected chi connectivity index (χ0v) is 20.6. The number of fused-ring (bicyclic) bond motifs is 1. The van der Waals surface area contributed by atoms with Gasteiger partial charge in [-0.15, -0.1) is 0 Å². The van der Waals surface area contributed by atoms with E-state index in [0.29, 0.717) is 17.0 Å². The van der Waals surface area contributed by atoms with E-state index in [1.54, 1.807) is 31.4 Å². The van der Waals surface area contributed by atoms with Crippen LogP contribution in [0.1, 0.15) is 5.56 Å². The summed E-state index contributed by atoms with van der Waals surface area (Å²) in [7, 11) is -0.258. The van der Waals surface area contributed by atoms with E-state index in [-0.39, 0.29) is 4.90 Å². The summed E-state index contributed by atoms with van der Waals surface area (Å²) >= 11 is 0. The Balaban J connectivity index is 1.73. The molecule has 7 nitrogen and oxygen atoms in total. The van der Waals surface area contributed by atoms with Gasteiger partial charge in [-0.2, -0.15) is 5.10 Å². The van der Waals surface area contributed by atoms with Crippen LogP contribution in [0, 0.1) is 0 Å². The van der Waals surface area contributed by atoms with E-state index in [0.717, 1.165) is 42.7 Å². The topological polar surface area (TPSA) is 67.1 Å². The first-order valence-electron chi connectivity index (χ1n) is 11.5. The van der Waals surface area contributed by atoms with Gasteiger partial charge in [0.15, 0.2) is 0 Å². The van der Waals surface area contributed by atoms with Crippen LogP contribution in [0.2, 0.25) is 0 Å². The lowest BCUT2D eigenvalue weighted by molar-refractivity contribution is 0.159. The molecule has 4 aromatic rings. The molecule has 1 aliphatic heterocycles. The van der Waals surface area contributed by atoms with Gasteiger partial charge in [-0.1, -0.05) is 48.5 Å². The van der Waals surface area contributed by atoms with E-state index in [1.807, 2.05) is 65.8 Å². The zero-order chi connectivity index (χ0) is 24.4. The van der Waals surface area contributed by atoms with Gasteiger partial charge >= 0.3 is 0 Å². The van der Waals surface area contributed by atoms with E-state index >= 15 is 0 Å². The molecule has 1 aliphatic rings. The van der Waals surface area contributed by atoms with Crippen molar-refractivity contribution >= 4 is 27.1 Å². The van der Waals surface area contributed by atoms with E-state index < -0.39 is 10.0 Å². The number of ether oxygens (including phenoxy) is 1. The maximum atomic E-state index is 14.1. The predicted molar refractivity (Wildman–Crippen MR) is 140 cm³/mol. The summed E-state index contributed by atoms with van der Waals surface area (Å²) in [6, 6.07) is 23.7. The Kier molecular flexibility index (Phi) is 6.32. The van der Waals surface area contributed by atoms with Crippen LogP contribution in [-0.2, 0) is 10.0 Å². The summed E-state index contributed by atoms with van der Waals surface area (Å²) in [6.45, 7) is 3.54. The number of likely N-dealkylation sites (N-methyl/N-ethyl adjacent to an activating group) is 1. The minimum Gasteiger partial charge on any atom is -0.497 e. The standard InChI is InChI=1S/C27H28N4O3S/c1-29-16-18-30(19-17-29)28-20-25-24-10-6-7-11-26(24)31(27(25)21-8-4-3-5-9-21)35(32,33)23-14-12-22(34-2)13-15-23/h3-15,20H,16-19H2,1-2H3. The molecule has 0 N–H and O–H groups in total. The molecule has 1 aromatic heterocycles. The third kappa shape index (κ3) is 4.42. The number of hydrogen-bond donors (Lipinski definition) is 0. The number of benzene rings is 3. The molecule has 2 heterocycles. The number of rotatable bonds is 6.